The summed E-state index contributed by atoms with van der Waals surface area (Å²) >= 11 is 0. The van der Waals surface area contributed by atoms with E-state index in [0.717, 1.165) is 13.0 Å². The molecular formula is C12H24N2O2. The van der Waals surface area contributed by atoms with Crippen molar-refractivity contribution in [2.45, 2.75) is 46.6 Å². The SMILES string of the molecule is COC(=O)NN1CCC(C)C(C)(C)C1(C)C. The Hall–Kier alpha value is -0.770. The largest absolute Gasteiger partial charge is 0.452 e. The van der Waals surface area contributed by atoms with Crippen molar-refractivity contribution in [3.8, 4) is 0 Å². The van der Waals surface area contributed by atoms with Crippen LogP contribution >= 0.6 is 0 Å². The average molecular weight is 228 g/mol. The van der Waals surface area contributed by atoms with E-state index in [2.05, 4.69) is 44.8 Å². The summed E-state index contributed by atoms with van der Waals surface area (Å²) in [5, 5.41) is 2.00. The van der Waals surface area contributed by atoms with E-state index in [1.165, 1.54) is 7.11 Å². The number of hydrazine groups is 1. The highest BCUT2D eigenvalue weighted by molar-refractivity contribution is 5.66. The fourth-order valence-corrected chi connectivity index (χ4v) is 2.27. The summed E-state index contributed by atoms with van der Waals surface area (Å²) in [6, 6.07) is 0. The summed E-state index contributed by atoms with van der Waals surface area (Å²) in [4.78, 5) is 11.3. The summed E-state index contributed by atoms with van der Waals surface area (Å²) in [5.74, 6) is 0.637. The zero-order chi connectivity index (χ0) is 12.6. The quantitative estimate of drug-likeness (QED) is 0.749. The van der Waals surface area contributed by atoms with Crippen molar-refractivity contribution in [2.75, 3.05) is 13.7 Å². The maximum atomic E-state index is 11.3. The highest BCUT2D eigenvalue weighted by Gasteiger charge is 2.48. The van der Waals surface area contributed by atoms with Crippen LogP contribution in [0.5, 0.6) is 0 Å². The fraction of sp³-hybridized carbons (Fsp3) is 0.917. The monoisotopic (exact) mass is 228 g/mol. The summed E-state index contributed by atoms with van der Waals surface area (Å²) in [5.41, 5.74) is 2.87. The molecule has 1 saturated heterocycles. The van der Waals surface area contributed by atoms with Crippen LogP contribution in [0.2, 0.25) is 0 Å². The molecule has 0 aromatic heterocycles. The lowest BCUT2D eigenvalue weighted by atomic mass is 9.63. The molecule has 1 heterocycles. The second-order valence-electron chi connectivity index (χ2n) is 5.73. The third kappa shape index (κ3) is 2.03. The Morgan fingerprint density at radius 3 is 2.44 bits per heavy atom. The lowest BCUT2D eigenvalue weighted by Crippen LogP contribution is -2.65. The zero-order valence-corrected chi connectivity index (χ0v) is 11.3. The number of methoxy groups -OCH3 is 1. The molecule has 4 heteroatoms. The number of piperidine rings is 1. The van der Waals surface area contributed by atoms with Crippen molar-refractivity contribution in [1.29, 1.82) is 0 Å². The molecule has 0 aromatic rings. The van der Waals surface area contributed by atoms with Gasteiger partial charge in [-0.2, -0.15) is 0 Å². The van der Waals surface area contributed by atoms with E-state index >= 15 is 0 Å². The van der Waals surface area contributed by atoms with E-state index in [9.17, 15) is 4.79 Å². The Kier molecular flexibility index (Phi) is 3.53. The van der Waals surface area contributed by atoms with Crippen LogP contribution < -0.4 is 5.43 Å². The fourth-order valence-electron chi connectivity index (χ4n) is 2.27. The first-order valence-corrected chi connectivity index (χ1v) is 5.85. The van der Waals surface area contributed by atoms with E-state index in [0.29, 0.717) is 5.92 Å². The van der Waals surface area contributed by atoms with Crippen molar-refractivity contribution in [1.82, 2.24) is 10.4 Å². The van der Waals surface area contributed by atoms with Gasteiger partial charge in [-0.3, -0.25) is 5.43 Å². The number of carbonyl (C=O) groups excluding carboxylic acids is 1. The topological polar surface area (TPSA) is 41.6 Å². The Bertz CT molecular complexity index is 274. The summed E-state index contributed by atoms with van der Waals surface area (Å²) < 4.78 is 4.65. The Labute approximate surface area is 98.3 Å². The molecule has 0 aromatic carbocycles. The molecule has 1 N–H and O–H groups in total. The van der Waals surface area contributed by atoms with Crippen LogP contribution in [0.4, 0.5) is 4.79 Å². The number of hydrogen-bond donors (Lipinski definition) is 1. The van der Waals surface area contributed by atoms with Gasteiger partial charge in [-0.15, -0.1) is 0 Å². The van der Waals surface area contributed by atoms with Crippen molar-refractivity contribution >= 4 is 6.09 Å². The molecule has 0 radical (unpaired) electrons. The highest BCUT2D eigenvalue weighted by Crippen LogP contribution is 2.46. The lowest BCUT2D eigenvalue weighted by molar-refractivity contribution is -0.0897. The predicted octanol–water partition coefficient (Wildman–Crippen LogP) is 2.40. The van der Waals surface area contributed by atoms with Crippen LogP contribution in [0.1, 0.15) is 41.0 Å². The van der Waals surface area contributed by atoms with Crippen LogP contribution in [0, 0.1) is 11.3 Å². The van der Waals surface area contributed by atoms with Crippen LogP contribution in [-0.2, 0) is 4.74 Å². The summed E-state index contributed by atoms with van der Waals surface area (Å²) in [7, 11) is 1.39. The number of ether oxygens (including phenoxy) is 1. The molecule has 1 aliphatic rings. The van der Waals surface area contributed by atoms with Crippen LogP contribution in [0.15, 0.2) is 0 Å². The van der Waals surface area contributed by atoms with Crippen LogP contribution in [0.25, 0.3) is 0 Å². The molecule has 1 amide bonds. The van der Waals surface area contributed by atoms with Gasteiger partial charge >= 0.3 is 6.09 Å². The molecule has 94 valence electrons. The van der Waals surface area contributed by atoms with E-state index in [-0.39, 0.29) is 11.0 Å². The van der Waals surface area contributed by atoms with Crippen molar-refractivity contribution in [3.63, 3.8) is 0 Å². The molecule has 1 unspecified atom stereocenters. The van der Waals surface area contributed by atoms with Gasteiger partial charge < -0.3 is 4.74 Å². The third-order valence-corrected chi connectivity index (χ3v) is 4.68. The van der Waals surface area contributed by atoms with E-state index in [1.807, 2.05) is 5.01 Å². The second kappa shape index (κ2) is 4.24. The second-order valence-corrected chi connectivity index (χ2v) is 5.73. The summed E-state index contributed by atoms with van der Waals surface area (Å²) in [6.45, 7) is 12.0. The minimum atomic E-state index is -0.390. The predicted molar refractivity (Wildman–Crippen MR) is 63.9 cm³/mol. The molecule has 1 atom stereocenters. The van der Waals surface area contributed by atoms with Gasteiger partial charge in [0.2, 0.25) is 0 Å². The molecule has 0 saturated carbocycles. The normalized spacial score (nSPS) is 28.5. The first-order valence-electron chi connectivity index (χ1n) is 5.85. The lowest BCUT2D eigenvalue weighted by Gasteiger charge is -2.55. The molecule has 0 aliphatic carbocycles. The molecule has 1 rings (SSSR count). The molecular weight excluding hydrogens is 204 g/mol. The minimum Gasteiger partial charge on any atom is -0.452 e. The number of rotatable bonds is 1. The standard InChI is InChI=1S/C12H24N2O2/c1-9-7-8-14(13-10(15)16-6)12(4,5)11(9,2)3/h9H,7-8H2,1-6H3,(H,13,15). The maximum absolute atomic E-state index is 11.3. The van der Waals surface area contributed by atoms with Crippen molar-refractivity contribution in [3.05, 3.63) is 0 Å². The Balaban J connectivity index is 2.85. The van der Waals surface area contributed by atoms with E-state index in [4.69, 9.17) is 0 Å². The number of nitrogens with zero attached hydrogens (tertiary/aromatic N) is 1. The molecule has 1 fully saturated rings. The maximum Gasteiger partial charge on any atom is 0.421 e. The summed E-state index contributed by atoms with van der Waals surface area (Å²) in [6.07, 6.45) is 0.693. The van der Waals surface area contributed by atoms with Crippen LogP contribution in [0.3, 0.4) is 0 Å². The van der Waals surface area contributed by atoms with E-state index in [1.54, 1.807) is 0 Å². The van der Waals surface area contributed by atoms with Gasteiger partial charge in [0.25, 0.3) is 0 Å². The van der Waals surface area contributed by atoms with Gasteiger partial charge in [0.1, 0.15) is 0 Å². The molecule has 1 aliphatic heterocycles. The van der Waals surface area contributed by atoms with Gasteiger partial charge in [0, 0.05) is 12.1 Å². The number of hydrogen-bond acceptors (Lipinski definition) is 3. The van der Waals surface area contributed by atoms with Crippen molar-refractivity contribution in [2.24, 2.45) is 11.3 Å². The number of carbonyl (C=O) groups is 1. The molecule has 0 spiro atoms. The number of amides is 1. The van der Waals surface area contributed by atoms with Crippen LogP contribution in [-0.4, -0.2) is 30.3 Å². The zero-order valence-electron chi connectivity index (χ0n) is 11.3. The first-order chi connectivity index (χ1) is 7.23. The smallest absolute Gasteiger partial charge is 0.421 e. The Morgan fingerprint density at radius 1 is 1.38 bits per heavy atom. The molecule has 4 nitrogen and oxygen atoms in total. The molecule has 16 heavy (non-hydrogen) atoms. The third-order valence-electron chi connectivity index (χ3n) is 4.68. The Morgan fingerprint density at radius 2 is 1.94 bits per heavy atom. The van der Waals surface area contributed by atoms with Gasteiger partial charge in [0.05, 0.1) is 7.11 Å². The van der Waals surface area contributed by atoms with Gasteiger partial charge in [-0.1, -0.05) is 20.8 Å². The van der Waals surface area contributed by atoms with Gasteiger partial charge in [0.15, 0.2) is 0 Å². The number of nitrogens with one attached hydrogen (secondary N) is 1. The van der Waals surface area contributed by atoms with E-state index < -0.39 is 6.09 Å². The highest BCUT2D eigenvalue weighted by atomic mass is 16.5. The first kappa shape index (κ1) is 13.3. The van der Waals surface area contributed by atoms with Gasteiger partial charge in [-0.05, 0) is 31.6 Å². The minimum absolute atomic E-state index is 0.0845. The molecule has 0 bridgehead atoms. The average Bonchev–Trinajstić information content (AvgIpc) is 2.20. The van der Waals surface area contributed by atoms with Crippen molar-refractivity contribution < 1.29 is 9.53 Å². The van der Waals surface area contributed by atoms with Gasteiger partial charge in [-0.25, -0.2) is 9.80 Å².